The van der Waals surface area contributed by atoms with Crippen LogP contribution >= 0.6 is 0 Å². The van der Waals surface area contributed by atoms with E-state index in [0.29, 0.717) is 0 Å². The fourth-order valence-electron chi connectivity index (χ4n) is 2.51. The van der Waals surface area contributed by atoms with Gasteiger partial charge >= 0.3 is 0 Å². The molecule has 19 heavy (non-hydrogen) atoms. The molecule has 4 rings (SSSR count). The van der Waals surface area contributed by atoms with Crippen LogP contribution in [-0.2, 0) is 0 Å². The second-order valence-corrected chi connectivity index (χ2v) is 4.56. The van der Waals surface area contributed by atoms with E-state index >= 15 is 0 Å². The molecule has 0 aliphatic carbocycles. The molecule has 0 N–H and O–H groups in total. The van der Waals surface area contributed by atoms with Crippen LogP contribution in [0.2, 0.25) is 0 Å². The Labute approximate surface area is 110 Å². The maximum Gasteiger partial charge on any atom is 0.168 e. The highest BCUT2D eigenvalue weighted by atomic mass is 16.5. The van der Waals surface area contributed by atoms with Crippen LogP contribution in [0.4, 0.5) is 0 Å². The maximum absolute atomic E-state index is 5.46. The molecule has 0 unspecified atom stereocenters. The summed E-state index contributed by atoms with van der Waals surface area (Å²) in [5.74, 6) is 0. The molecule has 0 atom stereocenters. The monoisotopic (exact) mass is 245 g/mol. The molecule has 4 aromatic rings. The van der Waals surface area contributed by atoms with Gasteiger partial charge in [-0.15, -0.1) is 0 Å². The largest absolute Gasteiger partial charge is 0.356 e. The van der Waals surface area contributed by atoms with Crippen molar-refractivity contribution >= 4 is 21.7 Å². The van der Waals surface area contributed by atoms with Crippen LogP contribution in [0.25, 0.3) is 33.0 Å². The van der Waals surface area contributed by atoms with Crippen molar-refractivity contribution in [3.05, 3.63) is 66.7 Å². The molecule has 0 radical (unpaired) electrons. The van der Waals surface area contributed by atoms with Gasteiger partial charge in [-0.25, -0.2) is 0 Å². The third-order valence-corrected chi connectivity index (χ3v) is 3.41. The van der Waals surface area contributed by atoms with Gasteiger partial charge in [0.2, 0.25) is 0 Å². The van der Waals surface area contributed by atoms with E-state index in [1.165, 1.54) is 10.8 Å². The highest BCUT2D eigenvalue weighted by Crippen LogP contribution is 2.33. The molecular formula is C17H11NO. The third kappa shape index (κ3) is 1.54. The Hall–Kier alpha value is -2.61. The minimum atomic E-state index is 0.831. The lowest BCUT2D eigenvalue weighted by Gasteiger charge is -2.00. The molecule has 0 spiro atoms. The van der Waals surface area contributed by atoms with Crippen molar-refractivity contribution in [1.82, 2.24) is 5.16 Å². The molecule has 90 valence electrons. The van der Waals surface area contributed by atoms with Crippen LogP contribution < -0.4 is 0 Å². The smallest absolute Gasteiger partial charge is 0.168 e. The summed E-state index contributed by atoms with van der Waals surface area (Å²) in [6.07, 6.45) is 0. The van der Waals surface area contributed by atoms with E-state index in [1.54, 1.807) is 0 Å². The Bertz CT molecular complexity index is 862. The van der Waals surface area contributed by atoms with E-state index in [0.717, 1.165) is 22.2 Å². The minimum Gasteiger partial charge on any atom is -0.356 e. The minimum absolute atomic E-state index is 0.831. The standard InChI is InChI=1S/C17H11NO/c1-2-7-13(8-3-1)17-16-14-9-5-4-6-12(14)10-11-15(16)19-18-17/h1-11H. The summed E-state index contributed by atoms with van der Waals surface area (Å²) in [4.78, 5) is 0. The summed E-state index contributed by atoms with van der Waals surface area (Å²) in [5, 5.41) is 7.71. The number of rotatable bonds is 1. The van der Waals surface area contributed by atoms with Gasteiger partial charge in [-0.1, -0.05) is 65.8 Å². The van der Waals surface area contributed by atoms with Gasteiger partial charge in [-0.05, 0) is 16.8 Å². The molecule has 1 aromatic heterocycles. The Balaban J connectivity index is 2.15. The van der Waals surface area contributed by atoms with Crippen LogP contribution in [0.1, 0.15) is 0 Å². The molecule has 2 heteroatoms. The first-order chi connectivity index (χ1) is 9.43. The number of benzene rings is 3. The number of aromatic nitrogens is 1. The Morgan fingerprint density at radius 1 is 0.737 bits per heavy atom. The fraction of sp³-hybridized carbons (Fsp3) is 0. The number of hydrogen-bond acceptors (Lipinski definition) is 2. The van der Waals surface area contributed by atoms with Crippen molar-refractivity contribution in [2.75, 3.05) is 0 Å². The lowest BCUT2D eigenvalue weighted by Crippen LogP contribution is -1.79. The Morgan fingerprint density at radius 2 is 1.53 bits per heavy atom. The second-order valence-electron chi connectivity index (χ2n) is 4.56. The SMILES string of the molecule is c1ccc(-c2noc3ccc4ccccc4c23)cc1. The Kier molecular flexibility index (Phi) is 2.15. The normalized spacial score (nSPS) is 11.2. The molecule has 0 aliphatic rings. The first kappa shape index (κ1) is 10.3. The zero-order valence-electron chi connectivity index (χ0n) is 10.2. The summed E-state index contributed by atoms with van der Waals surface area (Å²) in [7, 11) is 0. The van der Waals surface area contributed by atoms with E-state index in [9.17, 15) is 0 Å². The van der Waals surface area contributed by atoms with Crippen molar-refractivity contribution < 1.29 is 4.52 Å². The van der Waals surface area contributed by atoms with Crippen molar-refractivity contribution in [3.8, 4) is 11.3 Å². The van der Waals surface area contributed by atoms with Gasteiger partial charge in [-0.2, -0.15) is 0 Å². The van der Waals surface area contributed by atoms with Gasteiger partial charge in [0, 0.05) is 5.56 Å². The lowest BCUT2D eigenvalue weighted by molar-refractivity contribution is 0.459. The number of nitrogens with zero attached hydrogens (tertiary/aromatic N) is 1. The van der Waals surface area contributed by atoms with E-state index < -0.39 is 0 Å². The topological polar surface area (TPSA) is 26.0 Å². The van der Waals surface area contributed by atoms with Gasteiger partial charge in [0.15, 0.2) is 5.58 Å². The first-order valence-corrected chi connectivity index (χ1v) is 6.26. The van der Waals surface area contributed by atoms with Crippen molar-refractivity contribution in [3.63, 3.8) is 0 Å². The molecule has 0 bridgehead atoms. The van der Waals surface area contributed by atoms with E-state index in [2.05, 4.69) is 35.5 Å². The summed E-state index contributed by atoms with van der Waals surface area (Å²) in [6.45, 7) is 0. The predicted molar refractivity (Wildman–Crippen MR) is 77.0 cm³/mol. The molecule has 2 nitrogen and oxygen atoms in total. The molecule has 0 aliphatic heterocycles. The van der Waals surface area contributed by atoms with E-state index in [1.807, 2.05) is 36.4 Å². The van der Waals surface area contributed by atoms with Crippen molar-refractivity contribution in [2.45, 2.75) is 0 Å². The molecule has 0 saturated carbocycles. The van der Waals surface area contributed by atoms with Gasteiger partial charge in [0.25, 0.3) is 0 Å². The summed E-state index contributed by atoms with van der Waals surface area (Å²) < 4.78 is 5.46. The zero-order chi connectivity index (χ0) is 12.7. The highest BCUT2D eigenvalue weighted by molar-refractivity contribution is 6.11. The maximum atomic E-state index is 5.46. The molecule has 0 saturated heterocycles. The van der Waals surface area contributed by atoms with Crippen LogP contribution in [0.3, 0.4) is 0 Å². The number of hydrogen-bond donors (Lipinski definition) is 0. The van der Waals surface area contributed by atoms with Gasteiger partial charge in [0.1, 0.15) is 5.69 Å². The van der Waals surface area contributed by atoms with Gasteiger partial charge in [0.05, 0.1) is 5.39 Å². The summed E-state index contributed by atoms with van der Waals surface area (Å²) >= 11 is 0. The first-order valence-electron chi connectivity index (χ1n) is 6.26. The highest BCUT2D eigenvalue weighted by Gasteiger charge is 2.12. The van der Waals surface area contributed by atoms with Gasteiger partial charge < -0.3 is 4.52 Å². The quantitative estimate of drug-likeness (QED) is 0.488. The lowest BCUT2D eigenvalue weighted by atomic mass is 10.0. The van der Waals surface area contributed by atoms with Crippen LogP contribution in [0, 0.1) is 0 Å². The van der Waals surface area contributed by atoms with Crippen molar-refractivity contribution in [1.29, 1.82) is 0 Å². The van der Waals surface area contributed by atoms with Crippen molar-refractivity contribution in [2.24, 2.45) is 0 Å². The number of fused-ring (bicyclic) bond motifs is 3. The summed E-state index contributed by atoms with van der Waals surface area (Å²) in [5.41, 5.74) is 2.82. The van der Waals surface area contributed by atoms with E-state index in [4.69, 9.17) is 4.52 Å². The van der Waals surface area contributed by atoms with Crippen LogP contribution in [-0.4, -0.2) is 5.16 Å². The average Bonchev–Trinajstić information content (AvgIpc) is 2.92. The fourth-order valence-corrected chi connectivity index (χ4v) is 2.51. The third-order valence-electron chi connectivity index (χ3n) is 3.41. The summed E-state index contributed by atoms with van der Waals surface area (Å²) in [6, 6.07) is 22.5. The van der Waals surface area contributed by atoms with Crippen LogP contribution in [0.5, 0.6) is 0 Å². The molecule has 0 fully saturated rings. The van der Waals surface area contributed by atoms with Gasteiger partial charge in [-0.3, -0.25) is 0 Å². The average molecular weight is 245 g/mol. The second kappa shape index (κ2) is 3.95. The molecule has 0 amide bonds. The molecule has 3 aromatic carbocycles. The Morgan fingerprint density at radius 3 is 2.42 bits per heavy atom. The van der Waals surface area contributed by atoms with E-state index in [-0.39, 0.29) is 0 Å². The molecule has 1 heterocycles. The zero-order valence-corrected chi connectivity index (χ0v) is 10.2. The predicted octanol–water partition coefficient (Wildman–Crippen LogP) is 4.65. The molecular weight excluding hydrogens is 234 g/mol. The van der Waals surface area contributed by atoms with Crippen LogP contribution in [0.15, 0.2) is 71.3 Å².